The molecule has 0 aromatic carbocycles. The molecule has 1 amide bonds. The number of rotatable bonds is 1. The van der Waals surface area contributed by atoms with Crippen molar-refractivity contribution >= 4 is 5.91 Å². The SMILES string of the molecule is CC1CC(C)(C([NH])=O)C1. The molecule has 0 atom stereocenters. The van der Waals surface area contributed by atoms with E-state index in [-0.39, 0.29) is 11.3 Å². The van der Waals surface area contributed by atoms with Gasteiger partial charge in [0.1, 0.15) is 0 Å². The summed E-state index contributed by atoms with van der Waals surface area (Å²) in [6, 6.07) is 0. The average molecular weight is 126 g/mol. The second-order valence-electron chi connectivity index (χ2n) is 3.40. The van der Waals surface area contributed by atoms with Gasteiger partial charge in [-0.2, -0.15) is 0 Å². The van der Waals surface area contributed by atoms with Crippen LogP contribution in [-0.2, 0) is 4.79 Å². The van der Waals surface area contributed by atoms with Crippen molar-refractivity contribution in [3.63, 3.8) is 0 Å². The molecule has 1 saturated carbocycles. The zero-order valence-corrected chi connectivity index (χ0v) is 5.90. The summed E-state index contributed by atoms with van der Waals surface area (Å²) >= 11 is 0. The van der Waals surface area contributed by atoms with Crippen molar-refractivity contribution in [2.24, 2.45) is 11.3 Å². The van der Waals surface area contributed by atoms with E-state index in [4.69, 9.17) is 5.73 Å². The largest absolute Gasteiger partial charge is 0.273 e. The summed E-state index contributed by atoms with van der Waals surface area (Å²) in [5.74, 6) is 0.268. The molecule has 0 spiro atoms. The molecule has 1 radical (unpaired) electrons. The maximum atomic E-state index is 10.6. The lowest BCUT2D eigenvalue weighted by Crippen LogP contribution is -2.40. The van der Waals surface area contributed by atoms with E-state index in [1.54, 1.807) is 0 Å². The molecule has 0 saturated heterocycles. The van der Waals surface area contributed by atoms with Crippen LogP contribution in [0.4, 0.5) is 0 Å². The summed E-state index contributed by atoms with van der Waals surface area (Å²) in [5.41, 5.74) is 6.60. The van der Waals surface area contributed by atoms with Gasteiger partial charge < -0.3 is 0 Å². The summed E-state index contributed by atoms with van der Waals surface area (Å²) < 4.78 is 0. The Morgan fingerprint density at radius 3 is 2.22 bits per heavy atom. The third kappa shape index (κ3) is 0.934. The number of hydrogen-bond acceptors (Lipinski definition) is 1. The van der Waals surface area contributed by atoms with Gasteiger partial charge in [0.15, 0.2) is 0 Å². The zero-order valence-electron chi connectivity index (χ0n) is 5.90. The second-order valence-corrected chi connectivity index (χ2v) is 3.40. The normalized spacial score (nSPS) is 41.8. The summed E-state index contributed by atoms with van der Waals surface area (Å²) in [5, 5.41) is 0. The Kier molecular flexibility index (Phi) is 1.26. The Balaban J connectivity index is 2.50. The van der Waals surface area contributed by atoms with Gasteiger partial charge in [-0.25, -0.2) is 0 Å². The minimum absolute atomic E-state index is 0.278. The Morgan fingerprint density at radius 1 is 1.67 bits per heavy atom. The standard InChI is InChI=1S/C7H12NO/c1-5-3-7(2,4-5)6(8)9/h5,8H,3-4H2,1-2H3. The topological polar surface area (TPSA) is 40.9 Å². The van der Waals surface area contributed by atoms with Crippen LogP contribution < -0.4 is 5.73 Å². The summed E-state index contributed by atoms with van der Waals surface area (Å²) in [6.45, 7) is 3.99. The fourth-order valence-corrected chi connectivity index (χ4v) is 1.66. The highest BCUT2D eigenvalue weighted by Gasteiger charge is 2.42. The smallest absolute Gasteiger partial charge is 0.244 e. The average Bonchev–Trinajstić information content (AvgIpc) is 1.62. The minimum Gasteiger partial charge on any atom is -0.273 e. The fourth-order valence-electron chi connectivity index (χ4n) is 1.66. The highest BCUT2D eigenvalue weighted by atomic mass is 16.1. The Morgan fingerprint density at radius 2 is 2.11 bits per heavy atom. The molecule has 2 heteroatoms. The molecule has 9 heavy (non-hydrogen) atoms. The highest BCUT2D eigenvalue weighted by Crippen LogP contribution is 2.44. The molecular formula is C7H12NO. The van der Waals surface area contributed by atoms with Gasteiger partial charge in [0.25, 0.3) is 0 Å². The molecule has 1 aliphatic rings. The van der Waals surface area contributed by atoms with E-state index in [0.717, 1.165) is 12.8 Å². The van der Waals surface area contributed by atoms with Gasteiger partial charge in [-0.15, -0.1) is 0 Å². The summed E-state index contributed by atoms with van der Waals surface area (Å²) in [6.07, 6.45) is 1.82. The maximum absolute atomic E-state index is 10.6. The molecule has 0 aliphatic heterocycles. The lowest BCUT2D eigenvalue weighted by Gasteiger charge is -2.40. The first-order valence-electron chi connectivity index (χ1n) is 3.31. The van der Waals surface area contributed by atoms with Gasteiger partial charge in [-0.3, -0.25) is 10.5 Å². The molecule has 0 aromatic heterocycles. The van der Waals surface area contributed by atoms with Crippen LogP contribution in [0.3, 0.4) is 0 Å². The van der Waals surface area contributed by atoms with Crippen LogP contribution in [0.15, 0.2) is 0 Å². The van der Waals surface area contributed by atoms with E-state index >= 15 is 0 Å². The fraction of sp³-hybridized carbons (Fsp3) is 0.857. The maximum Gasteiger partial charge on any atom is 0.244 e. The first-order chi connectivity index (χ1) is 4.04. The number of carbonyl (C=O) groups excluding carboxylic acids is 1. The van der Waals surface area contributed by atoms with Gasteiger partial charge in [-0.1, -0.05) is 13.8 Å². The number of carbonyl (C=O) groups is 1. The molecule has 1 aliphatic carbocycles. The number of amides is 1. The predicted molar refractivity (Wildman–Crippen MR) is 34.6 cm³/mol. The van der Waals surface area contributed by atoms with Crippen LogP contribution in [0, 0.1) is 11.3 Å². The van der Waals surface area contributed by atoms with Gasteiger partial charge in [0.2, 0.25) is 5.91 Å². The minimum atomic E-state index is -0.388. The van der Waals surface area contributed by atoms with Crippen molar-refractivity contribution < 1.29 is 4.79 Å². The van der Waals surface area contributed by atoms with Crippen LogP contribution in [0.25, 0.3) is 0 Å². The van der Waals surface area contributed by atoms with Crippen molar-refractivity contribution in [1.29, 1.82) is 0 Å². The third-order valence-corrected chi connectivity index (χ3v) is 2.15. The molecule has 1 fully saturated rings. The highest BCUT2D eigenvalue weighted by molar-refractivity contribution is 5.80. The van der Waals surface area contributed by atoms with Gasteiger partial charge >= 0.3 is 0 Å². The van der Waals surface area contributed by atoms with Crippen molar-refractivity contribution in [3.05, 3.63) is 0 Å². The van der Waals surface area contributed by atoms with Gasteiger partial charge in [0.05, 0.1) is 0 Å². The molecule has 0 heterocycles. The molecule has 51 valence electrons. The Hall–Kier alpha value is -0.530. The summed E-state index contributed by atoms with van der Waals surface area (Å²) in [7, 11) is 0. The number of hydrogen-bond donors (Lipinski definition) is 0. The molecule has 1 rings (SSSR count). The zero-order chi connectivity index (χ0) is 7.07. The molecular weight excluding hydrogens is 114 g/mol. The van der Waals surface area contributed by atoms with E-state index in [0.29, 0.717) is 5.92 Å². The second kappa shape index (κ2) is 1.72. The van der Waals surface area contributed by atoms with Crippen LogP contribution in [0.5, 0.6) is 0 Å². The van der Waals surface area contributed by atoms with E-state index in [9.17, 15) is 4.79 Å². The predicted octanol–water partition coefficient (Wildman–Crippen LogP) is 1.23. The van der Waals surface area contributed by atoms with Gasteiger partial charge in [-0.05, 0) is 18.8 Å². The molecule has 0 aromatic rings. The quantitative estimate of drug-likeness (QED) is 0.521. The third-order valence-electron chi connectivity index (χ3n) is 2.15. The Labute approximate surface area is 55.4 Å². The molecule has 0 unspecified atom stereocenters. The van der Waals surface area contributed by atoms with Gasteiger partial charge in [0, 0.05) is 5.41 Å². The molecule has 2 nitrogen and oxygen atoms in total. The van der Waals surface area contributed by atoms with Crippen LogP contribution in [0.2, 0.25) is 0 Å². The molecule has 1 N–H and O–H groups in total. The van der Waals surface area contributed by atoms with Crippen LogP contribution >= 0.6 is 0 Å². The van der Waals surface area contributed by atoms with Crippen LogP contribution in [-0.4, -0.2) is 5.91 Å². The molecule has 0 bridgehead atoms. The lowest BCUT2D eigenvalue weighted by atomic mass is 9.63. The van der Waals surface area contributed by atoms with E-state index < -0.39 is 0 Å². The van der Waals surface area contributed by atoms with E-state index in [1.807, 2.05) is 6.92 Å². The van der Waals surface area contributed by atoms with Crippen molar-refractivity contribution in [2.75, 3.05) is 0 Å². The van der Waals surface area contributed by atoms with Crippen molar-refractivity contribution in [1.82, 2.24) is 5.73 Å². The summed E-state index contributed by atoms with van der Waals surface area (Å²) in [4.78, 5) is 10.6. The first kappa shape index (κ1) is 6.59. The Bertz CT molecular complexity index is 136. The van der Waals surface area contributed by atoms with E-state index in [1.165, 1.54) is 0 Å². The first-order valence-corrected chi connectivity index (χ1v) is 3.31. The van der Waals surface area contributed by atoms with Crippen molar-refractivity contribution in [3.8, 4) is 0 Å². The monoisotopic (exact) mass is 126 g/mol. The number of nitrogens with one attached hydrogen (secondary N) is 1. The van der Waals surface area contributed by atoms with Crippen LogP contribution in [0.1, 0.15) is 26.7 Å². The van der Waals surface area contributed by atoms with E-state index in [2.05, 4.69) is 6.92 Å². The lowest BCUT2D eigenvalue weighted by molar-refractivity contribution is -0.134. The van der Waals surface area contributed by atoms with Crippen molar-refractivity contribution in [2.45, 2.75) is 26.7 Å².